The van der Waals surface area contributed by atoms with Crippen LogP contribution >= 0.6 is 7.82 Å². The number of hydrogen-bond acceptors (Lipinski definition) is 3. The van der Waals surface area contributed by atoms with Crippen molar-refractivity contribution >= 4 is 18.6 Å². The van der Waals surface area contributed by atoms with Crippen molar-refractivity contribution in [3.8, 4) is 0 Å². The predicted octanol–water partition coefficient (Wildman–Crippen LogP) is -0.00550. The second-order valence-electron chi connectivity index (χ2n) is 2.80. The summed E-state index contributed by atoms with van der Waals surface area (Å²) in [6, 6.07) is 7.34. The van der Waals surface area contributed by atoms with Crippen LogP contribution in [-0.4, -0.2) is 24.9 Å². The normalized spacial score (nSPS) is 10.7. The number of benzene rings is 1. The summed E-state index contributed by atoms with van der Waals surface area (Å²) in [5.74, 6) is 0. The van der Waals surface area contributed by atoms with E-state index in [4.69, 9.17) is 19.2 Å². The standard InChI is InChI=1S/C8H6N2O.H3O4P/c11-8-7-4-2-1-3-6(7)5-9-10-8;1-5(2,3)4/h1-5H,(H,10,11);(H3,1,2,3,4). The van der Waals surface area contributed by atoms with Crippen molar-refractivity contribution < 1.29 is 19.2 Å². The molecule has 7 nitrogen and oxygen atoms in total. The van der Waals surface area contributed by atoms with Gasteiger partial charge in [-0.2, -0.15) is 5.10 Å². The first-order valence-electron chi connectivity index (χ1n) is 4.08. The number of aromatic amines is 1. The average Bonchev–Trinajstić information content (AvgIpc) is 2.16. The van der Waals surface area contributed by atoms with Crippen molar-refractivity contribution in [3.05, 3.63) is 40.8 Å². The molecule has 16 heavy (non-hydrogen) atoms. The average molecular weight is 244 g/mol. The van der Waals surface area contributed by atoms with Crippen molar-refractivity contribution in [2.45, 2.75) is 0 Å². The van der Waals surface area contributed by atoms with Crippen LogP contribution in [0.25, 0.3) is 10.8 Å². The monoisotopic (exact) mass is 244 g/mol. The summed E-state index contributed by atoms with van der Waals surface area (Å²) in [6.45, 7) is 0. The molecule has 1 aromatic carbocycles. The number of phosphoric acid groups is 1. The first-order valence-corrected chi connectivity index (χ1v) is 5.65. The van der Waals surface area contributed by atoms with Gasteiger partial charge in [0.05, 0.1) is 6.20 Å². The fourth-order valence-corrected chi connectivity index (χ4v) is 1.04. The molecule has 0 radical (unpaired) electrons. The third kappa shape index (κ3) is 4.33. The van der Waals surface area contributed by atoms with Crippen molar-refractivity contribution in [1.29, 1.82) is 0 Å². The summed E-state index contributed by atoms with van der Waals surface area (Å²) >= 11 is 0. The van der Waals surface area contributed by atoms with Gasteiger partial charge in [-0.05, 0) is 6.07 Å². The molecule has 4 N–H and O–H groups in total. The van der Waals surface area contributed by atoms with Crippen LogP contribution in [0.5, 0.6) is 0 Å². The van der Waals surface area contributed by atoms with E-state index in [1.165, 1.54) is 0 Å². The molecule has 0 saturated heterocycles. The Bertz CT molecular complexity index is 562. The number of rotatable bonds is 0. The summed E-state index contributed by atoms with van der Waals surface area (Å²) in [4.78, 5) is 32.6. The highest BCUT2D eigenvalue weighted by molar-refractivity contribution is 7.45. The van der Waals surface area contributed by atoms with Crippen LogP contribution < -0.4 is 5.56 Å². The van der Waals surface area contributed by atoms with E-state index in [0.29, 0.717) is 5.39 Å². The minimum atomic E-state index is -4.64. The van der Waals surface area contributed by atoms with Crippen molar-refractivity contribution in [1.82, 2.24) is 10.2 Å². The molecule has 0 aliphatic heterocycles. The highest BCUT2D eigenvalue weighted by atomic mass is 31.2. The lowest BCUT2D eigenvalue weighted by Crippen LogP contribution is -2.06. The van der Waals surface area contributed by atoms with Gasteiger partial charge in [0.1, 0.15) is 0 Å². The van der Waals surface area contributed by atoms with Crippen LogP contribution in [-0.2, 0) is 4.57 Å². The highest BCUT2D eigenvalue weighted by Gasteiger charge is 2.00. The predicted molar refractivity (Wildman–Crippen MR) is 56.6 cm³/mol. The Balaban J connectivity index is 0.000000221. The van der Waals surface area contributed by atoms with E-state index in [9.17, 15) is 4.79 Å². The third-order valence-corrected chi connectivity index (χ3v) is 1.58. The lowest BCUT2D eigenvalue weighted by molar-refractivity contribution is 0.275. The molecule has 0 aliphatic carbocycles. The third-order valence-electron chi connectivity index (χ3n) is 1.58. The largest absolute Gasteiger partial charge is 0.466 e. The lowest BCUT2D eigenvalue weighted by Gasteiger charge is -1.91. The smallest absolute Gasteiger partial charge is 0.303 e. The van der Waals surface area contributed by atoms with Crippen molar-refractivity contribution in [2.24, 2.45) is 0 Å². The van der Waals surface area contributed by atoms with Gasteiger partial charge in [0.15, 0.2) is 0 Å². The maximum absolute atomic E-state index is 11.1. The van der Waals surface area contributed by atoms with Crippen molar-refractivity contribution in [3.63, 3.8) is 0 Å². The van der Waals surface area contributed by atoms with Crippen LogP contribution in [0.3, 0.4) is 0 Å². The zero-order chi connectivity index (χ0) is 12.2. The quantitative estimate of drug-likeness (QED) is 0.483. The summed E-state index contributed by atoms with van der Waals surface area (Å²) in [7, 11) is -4.64. The number of nitrogens with one attached hydrogen (secondary N) is 1. The zero-order valence-corrected chi connectivity index (χ0v) is 8.83. The lowest BCUT2D eigenvalue weighted by atomic mass is 10.2. The Labute approximate surface area is 89.6 Å². The first-order chi connectivity index (χ1) is 7.38. The Morgan fingerprint density at radius 3 is 2.31 bits per heavy atom. The van der Waals surface area contributed by atoms with Crippen LogP contribution in [0.15, 0.2) is 35.3 Å². The molecule has 0 atom stereocenters. The maximum Gasteiger partial charge on any atom is 0.466 e. The number of H-pyrrole nitrogens is 1. The topological polar surface area (TPSA) is 124 Å². The second kappa shape index (κ2) is 5.00. The molecule has 0 unspecified atom stereocenters. The van der Waals surface area contributed by atoms with Crippen LogP contribution in [0.1, 0.15) is 0 Å². The summed E-state index contributed by atoms with van der Waals surface area (Å²) in [5, 5.41) is 7.60. The van der Waals surface area contributed by atoms with Gasteiger partial charge in [0.2, 0.25) is 0 Å². The van der Waals surface area contributed by atoms with Crippen LogP contribution in [0.4, 0.5) is 0 Å². The fourth-order valence-electron chi connectivity index (χ4n) is 1.04. The van der Waals surface area contributed by atoms with E-state index in [2.05, 4.69) is 10.2 Å². The summed E-state index contributed by atoms with van der Waals surface area (Å²) in [5.41, 5.74) is -0.136. The number of nitrogens with zero attached hydrogens (tertiary/aromatic N) is 1. The van der Waals surface area contributed by atoms with E-state index < -0.39 is 7.82 Å². The van der Waals surface area contributed by atoms with E-state index in [1.807, 2.05) is 18.2 Å². The molecule has 0 fully saturated rings. The maximum atomic E-state index is 11.1. The van der Waals surface area contributed by atoms with E-state index in [1.54, 1.807) is 12.3 Å². The molecule has 1 heterocycles. The van der Waals surface area contributed by atoms with Crippen molar-refractivity contribution in [2.75, 3.05) is 0 Å². The van der Waals surface area contributed by atoms with Gasteiger partial charge < -0.3 is 14.7 Å². The second-order valence-corrected chi connectivity index (χ2v) is 3.83. The van der Waals surface area contributed by atoms with Crippen LogP contribution in [0, 0.1) is 0 Å². The van der Waals surface area contributed by atoms with Gasteiger partial charge in [0.25, 0.3) is 5.56 Å². The van der Waals surface area contributed by atoms with Gasteiger partial charge in [-0.15, -0.1) is 0 Å². The molecule has 2 rings (SSSR count). The molecule has 0 aliphatic rings. The highest BCUT2D eigenvalue weighted by Crippen LogP contribution is 2.25. The van der Waals surface area contributed by atoms with E-state index in [-0.39, 0.29) is 5.56 Å². The molecule has 0 amide bonds. The van der Waals surface area contributed by atoms with Gasteiger partial charge in [0, 0.05) is 10.8 Å². The summed E-state index contributed by atoms with van der Waals surface area (Å²) < 4.78 is 8.88. The van der Waals surface area contributed by atoms with Crippen LogP contribution in [0.2, 0.25) is 0 Å². The van der Waals surface area contributed by atoms with E-state index >= 15 is 0 Å². The Morgan fingerprint density at radius 1 is 1.19 bits per heavy atom. The Morgan fingerprint density at radius 2 is 1.75 bits per heavy atom. The van der Waals surface area contributed by atoms with Gasteiger partial charge in [-0.3, -0.25) is 4.79 Å². The van der Waals surface area contributed by atoms with Gasteiger partial charge in [-0.25, -0.2) is 9.66 Å². The summed E-state index contributed by atoms with van der Waals surface area (Å²) in [6.07, 6.45) is 1.64. The molecule has 0 spiro atoms. The Kier molecular flexibility index (Phi) is 3.92. The molecule has 86 valence electrons. The molecule has 2 aromatic rings. The SMILES string of the molecule is O=P(O)(O)O.O=c1[nH]ncc2ccccc12. The minimum Gasteiger partial charge on any atom is -0.303 e. The first kappa shape index (κ1) is 12.5. The number of aromatic nitrogens is 2. The van der Waals surface area contributed by atoms with E-state index in [0.717, 1.165) is 5.39 Å². The molecular formula is C8H9N2O5P. The molecule has 0 bridgehead atoms. The minimum absolute atomic E-state index is 0.136. The van der Waals surface area contributed by atoms with Gasteiger partial charge in [-0.1, -0.05) is 18.2 Å². The molecule has 0 saturated carbocycles. The number of hydrogen-bond donors (Lipinski definition) is 4. The van der Waals surface area contributed by atoms with Gasteiger partial charge >= 0.3 is 7.82 Å². The molecular weight excluding hydrogens is 235 g/mol. The number of fused-ring (bicyclic) bond motifs is 1. The zero-order valence-electron chi connectivity index (χ0n) is 7.94. The Hall–Kier alpha value is -1.53. The molecule has 1 aromatic heterocycles. The fraction of sp³-hybridized carbons (Fsp3) is 0. The molecule has 8 heteroatoms.